The molecule has 0 bridgehead atoms. The highest BCUT2D eigenvalue weighted by molar-refractivity contribution is 5.95. The molecule has 1 unspecified atom stereocenters. The van der Waals surface area contributed by atoms with E-state index in [0.717, 1.165) is 24.5 Å². The molecule has 1 amide bonds. The van der Waals surface area contributed by atoms with Gasteiger partial charge >= 0.3 is 0 Å². The molecule has 2 aliphatic heterocycles. The van der Waals surface area contributed by atoms with E-state index < -0.39 is 0 Å². The molecule has 1 aromatic carbocycles. The normalized spacial score (nSPS) is 18.5. The zero-order valence-electron chi connectivity index (χ0n) is 13.8. The van der Waals surface area contributed by atoms with Gasteiger partial charge < -0.3 is 19.4 Å². The Balaban J connectivity index is 1.48. The third kappa shape index (κ3) is 2.60. The second-order valence-electron chi connectivity index (χ2n) is 6.52. The summed E-state index contributed by atoms with van der Waals surface area (Å²) >= 11 is 0. The van der Waals surface area contributed by atoms with Crippen molar-refractivity contribution in [2.45, 2.75) is 45.2 Å². The van der Waals surface area contributed by atoms with Gasteiger partial charge in [-0.25, -0.2) is 0 Å². The number of benzene rings is 1. The van der Waals surface area contributed by atoms with Crippen LogP contribution in [0.3, 0.4) is 0 Å². The number of hydrogen-bond donors (Lipinski definition) is 1. The molecule has 1 N–H and O–H groups in total. The van der Waals surface area contributed by atoms with Gasteiger partial charge in [0.25, 0.3) is 5.91 Å². The number of nitrogens with one attached hydrogen (secondary N) is 1. The number of hydrogen-bond acceptors (Lipinski definition) is 5. The number of fused-ring (bicyclic) bond motifs is 2. The lowest BCUT2D eigenvalue weighted by molar-refractivity contribution is 0.0926. The van der Waals surface area contributed by atoms with Gasteiger partial charge in [-0.05, 0) is 24.6 Å². The quantitative estimate of drug-likeness (QED) is 0.931. The average Bonchev–Trinajstić information content (AvgIpc) is 3.20. The number of ether oxygens (including phenoxy) is 2. The first-order valence-corrected chi connectivity index (χ1v) is 8.24. The molecule has 0 aliphatic carbocycles. The van der Waals surface area contributed by atoms with Crippen LogP contribution < -0.4 is 14.8 Å². The molecule has 7 nitrogen and oxygen atoms in total. The van der Waals surface area contributed by atoms with E-state index in [1.54, 1.807) is 18.2 Å². The van der Waals surface area contributed by atoms with Crippen LogP contribution >= 0.6 is 0 Å². The summed E-state index contributed by atoms with van der Waals surface area (Å²) in [4.78, 5) is 12.5. The third-order valence-corrected chi connectivity index (χ3v) is 4.46. The molecule has 2 aromatic rings. The van der Waals surface area contributed by atoms with Crippen LogP contribution in [0, 0.1) is 0 Å². The van der Waals surface area contributed by atoms with Crippen molar-refractivity contribution in [3.63, 3.8) is 0 Å². The zero-order chi connectivity index (χ0) is 16.7. The van der Waals surface area contributed by atoms with Crippen LogP contribution in [0.5, 0.6) is 11.5 Å². The SMILES string of the molecule is CC(C)c1nnc2n1CC(NC(=O)c1ccc3c(c1)OCO3)CC2. The number of carbonyl (C=O) groups is 1. The molecular weight excluding hydrogens is 308 g/mol. The average molecular weight is 328 g/mol. The minimum Gasteiger partial charge on any atom is -0.454 e. The maximum absolute atomic E-state index is 12.5. The minimum atomic E-state index is -0.0964. The molecule has 7 heteroatoms. The third-order valence-electron chi connectivity index (χ3n) is 4.46. The molecule has 4 rings (SSSR count). The molecule has 0 saturated carbocycles. The summed E-state index contributed by atoms with van der Waals surface area (Å²) < 4.78 is 12.7. The lowest BCUT2D eigenvalue weighted by Gasteiger charge is -2.26. The molecule has 0 fully saturated rings. The van der Waals surface area contributed by atoms with Crippen molar-refractivity contribution in [2.75, 3.05) is 6.79 Å². The van der Waals surface area contributed by atoms with Crippen LogP contribution in [0.4, 0.5) is 0 Å². The molecule has 0 saturated heterocycles. The summed E-state index contributed by atoms with van der Waals surface area (Å²) in [5, 5.41) is 11.6. The van der Waals surface area contributed by atoms with Gasteiger partial charge in [-0.2, -0.15) is 0 Å². The van der Waals surface area contributed by atoms with Gasteiger partial charge in [-0.15, -0.1) is 10.2 Å². The Morgan fingerprint density at radius 1 is 1.29 bits per heavy atom. The van der Waals surface area contributed by atoms with Crippen LogP contribution in [0.2, 0.25) is 0 Å². The highest BCUT2D eigenvalue weighted by Crippen LogP contribution is 2.32. The first kappa shape index (κ1) is 15.0. The van der Waals surface area contributed by atoms with Gasteiger partial charge in [0.05, 0.1) is 0 Å². The molecule has 1 atom stereocenters. The lowest BCUT2D eigenvalue weighted by atomic mass is 10.1. The van der Waals surface area contributed by atoms with Gasteiger partial charge in [0.2, 0.25) is 6.79 Å². The van der Waals surface area contributed by atoms with Gasteiger partial charge in [0.1, 0.15) is 11.6 Å². The first-order chi connectivity index (χ1) is 11.6. The van der Waals surface area contributed by atoms with E-state index >= 15 is 0 Å². The van der Waals surface area contributed by atoms with Crippen molar-refractivity contribution in [3.8, 4) is 11.5 Å². The smallest absolute Gasteiger partial charge is 0.251 e. The summed E-state index contributed by atoms with van der Waals surface area (Å²) in [7, 11) is 0. The molecule has 3 heterocycles. The first-order valence-electron chi connectivity index (χ1n) is 8.24. The second kappa shape index (κ2) is 5.81. The minimum absolute atomic E-state index is 0.0731. The van der Waals surface area contributed by atoms with Crippen molar-refractivity contribution in [1.29, 1.82) is 0 Å². The standard InChI is InChI=1S/C17H20N4O3/c1-10(2)16-20-19-15-6-4-12(8-21(15)16)18-17(22)11-3-5-13-14(7-11)24-9-23-13/h3,5,7,10,12H,4,6,8-9H2,1-2H3,(H,18,22). The molecular formula is C17H20N4O3. The monoisotopic (exact) mass is 328 g/mol. The van der Waals surface area contributed by atoms with E-state index in [9.17, 15) is 4.79 Å². The molecule has 24 heavy (non-hydrogen) atoms. The highest BCUT2D eigenvalue weighted by atomic mass is 16.7. The number of amides is 1. The van der Waals surface area contributed by atoms with Gasteiger partial charge in [0, 0.05) is 30.5 Å². The molecule has 126 valence electrons. The van der Waals surface area contributed by atoms with Crippen LogP contribution in [-0.2, 0) is 13.0 Å². The maximum Gasteiger partial charge on any atom is 0.251 e. The fraction of sp³-hybridized carbons (Fsp3) is 0.471. The molecule has 0 spiro atoms. The van der Waals surface area contributed by atoms with Crippen molar-refractivity contribution < 1.29 is 14.3 Å². The van der Waals surface area contributed by atoms with Gasteiger partial charge in [-0.1, -0.05) is 13.8 Å². The molecule has 0 radical (unpaired) electrons. The Hall–Kier alpha value is -2.57. The van der Waals surface area contributed by atoms with E-state index in [1.165, 1.54) is 0 Å². The lowest BCUT2D eigenvalue weighted by Crippen LogP contribution is -2.41. The predicted molar refractivity (Wildman–Crippen MR) is 86.3 cm³/mol. The summed E-state index contributed by atoms with van der Waals surface area (Å²) in [6.07, 6.45) is 1.69. The van der Waals surface area contributed by atoms with Crippen LogP contribution in [0.25, 0.3) is 0 Å². The van der Waals surface area contributed by atoms with Crippen molar-refractivity contribution in [2.24, 2.45) is 0 Å². The summed E-state index contributed by atoms with van der Waals surface area (Å²) in [6.45, 7) is 5.13. The van der Waals surface area contributed by atoms with E-state index in [4.69, 9.17) is 9.47 Å². The Bertz CT molecular complexity index is 784. The van der Waals surface area contributed by atoms with Crippen molar-refractivity contribution >= 4 is 5.91 Å². The highest BCUT2D eigenvalue weighted by Gasteiger charge is 2.25. The second-order valence-corrected chi connectivity index (χ2v) is 6.52. The number of nitrogens with zero attached hydrogens (tertiary/aromatic N) is 3. The van der Waals surface area contributed by atoms with E-state index in [1.807, 2.05) is 0 Å². The Morgan fingerprint density at radius 3 is 2.96 bits per heavy atom. The number of aryl methyl sites for hydroxylation is 1. The Kier molecular flexibility index (Phi) is 3.63. The summed E-state index contributed by atoms with van der Waals surface area (Å²) in [6, 6.07) is 5.33. The van der Waals surface area contributed by atoms with Crippen molar-refractivity contribution in [1.82, 2.24) is 20.1 Å². The fourth-order valence-corrected chi connectivity index (χ4v) is 3.20. The Labute approximate surface area is 140 Å². The summed E-state index contributed by atoms with van der Waals surface area (Å²) in [5.41, 5.74) is 0.581. The van der Waals surface area contributed by atoms with Gasteiger partial charge in [0.15, 0.2) is 11.5 Å². The van der Waals surface area contributed by atoms with E-state index in [0.29, 0.717) is 29.5 Å². The number of carbonyl (C=O) groups excluding carboxylic acids is 1. The number of rotatable bonds is 3. The van der Waals surface area contributed by atoms with Crippen LogP contribution in [0.1, 0.15) is 48.2 Å². The van der Waals surface area contributed by atoms with Crippen molar-refractivity contribution in [3.05, 3.63) is 35.4 Å². The summed E-state index contributed by atoms with van der Waals surface area (Å²) in [5.74, 6) is 3.50. The maximum atomic E-state index is 12.5. The molecule has 1 aromatic heterocycles. The topological polar surface area (TPSA) is 78.3 Å². The van der Waals surface area contributed by atoms with Crippen LogP contribution in [0.15, 0.2) is 18.2 Å². The largest absolute Gasteiger partial charge is 0.454 e. The fourth-order valence-electron chi connectivity index (χ4n) is 3.20. The van der Waals surface area contributed by atoms with E-state index in [2.05, 4.69) is 33.9 Å². The van der Waals surface area contributed by atoms with Gasteiger partial charge in [-0.3, -0.25) is 4.79 Å². The predicted octanol–water partition coefficient (Wildman–Crippen LogP) is 1.87. The van der Waals surface area contributed by atoms with E-state index in [-0.39, 0.29) is 18.7 Å². The van der Waals surface area contributed by atoms with Crippen LogP contribution in [-0.4, -0.2) is 33.5 Å². The zero-order valence-corrected chi connectivity index (χ0v) is 13.8. The number of aromatic nitrogens is 3. The Morgan fingerprint density at radius 2 is 2.12 bits per heavy atom. The molecule has 2 aliphatic rings.